The van der Waals surface area contributed by atoms with Crippen LogP contribution in [0.15, 0.2) is 24.3 Å². The maximum absolute atomic E-state index is 12.1. The van der Waals surface area contributed by atoms with E-state index in [2.05, 4.69) is 4.72 Å². The average molecular weight is 314 g/mol. The van der Waals surface area contributed by atoms with Gasteiger partial charge in [-0.3, -0.25) is 0 Å². The van der Waals surface area contributed by atoms with E-state index in [0.717, 1.165) is 0 Å². The third-order valence-electron chi connectivity index (χ3n) is 3.47. The number of carboxylic acid groups (broad SMARTS) is 1. The number of hydrogen-bond donors (Lipinski definition) is 2. The van der Waals surface area contributed by atoms with E-state index in [1.165, 1.54) is 18.2 Å². The van der Waals surface area contributed by atoms with Gasteiger partial charge in [0.05, 0.1) is 11.3 Å². The van der Waals surface area contributed by atoms with Gasteiger partial charge in [0, 0.05) is 12.1 Å². The second kappa shape index (κ2) is 6.55. The van der Waals surface area contributed by atoms with E-state index < -0.39 is 16.0 Å². The van der Waals surface area contributed by atoms with Gasteiger partial charge in [0.2, 0.25) is 10.0 Å². The Hall–Kier alpha value is -1.44. The molecule has 0 atom stereocenters. The molecule has 7 heteroatoms. The van der Waals surface area contributed by atoms with Gasteiger partial charge in [-0.15, -0.1) is 0 Å². The second-order valence-corrected chi connectivity index (χ2v) is 7.60. The first-order chi connectivity index (χ1) is 9.53. The van der Waals surface area contributed by atoms with Gasteiger partial charge in [0.1, 0.15) is 0 Å². The monoisotopic (exact) mass is 314 g/mol. The number of benzene rings is 1. The molecule has 0 radical (unpaired) electrons. The average Bonchev–Trinajstić information content (AvgIpc) is 2.36. The molecular formula is C14H22N2O4S. The van der Waals surface area contributed by atoms with Crippen LogP contribution in [0.5, 0.6) is 0 Å². The summed E-state index contributed by atoms with van der Waals surface area (Å²) in [5.74, 6) is -1.31. The minimum atomic E-state index is -3.51. The number of rotatable bonds is 7. The van der Waals surface area contributed by atoms with Crippen molar-refractivity contribution in [2.75, 3.05) is 20.6 Å². The molecule has 118 valence electrons. The Balaban J connectivity index is 2.77. The molecule has 0 spiro atoms. The molecule has 0 saturated heterocycles. The molecule has 1 rings (SSSR count). The Morgan fingerprint density at radius 1 is 1.33 bits per heavy atom. The third-order valence-corrected chi connectivity index (χ3v) is 4.76. The Morgan fingerprint density at radius 3 is 2.48 bits per heavy atom. The molecule has 0 aliphatic rings. The number of carbonyl (C=O) groups is 1. The summed E-state index contributed by atoms with van der Waals surface area (Å²) in [6.07, 6.45) is 0. The summed E-state index contributed by atoms with van der Waals surface area (Å²) >= 11 is 0. The van der Waals surface area contributed by atoms with E-state index in [1.807, 2.05) is 32.8 Å². The van der Waals surface area contributed by atoms with E-state index in [-0.39, 0.29) is 23.4 Å². The fourth-order valence-electron chi connectivity index (χ4n) is 1.51. The minimum Gasteiger partial charge on any atom is -0.478 e. The second-order valence-electron chi connectivity index (χ2n) is 5.79. The van der Waals surface area contributed by atoms with Gasteiger partial charge in [0.25, 0.3) is 0 Å². The van der Waals surface area contributed by atoms with Crippen molar-refractivity contribution in [3.63, 3.8) is 0 Å². The Bertz CT molecular complexity index is 609. The van der Waals surface area contributed by atoms with Crippen LogP contribution in [-0.2, 0) is 15.8 Å². The summed E-state index contributed by atoms with van der Waals surface area (Å²) in [6.45, 7) is 4.14. The van der Waals surface area contributed by atoms with Crippen molar-refractivity contribution in [2.24, 2.45) is 0 Å². The zero-order valence-corrected chi connectivity index (χ0v) is 13.6. The van der Waals surface area contributed by atoms with E-state index >= 15 is 0 Å². The zero-order chi connectivity index (χ0) is 16.3. The van der Waals surface area contributed by atoms with E-state index in [4.69, 9.17) is 5.11 Å². The number of likely N-dealkylation sites (N-methyl/N-ethyl adjacent to an activating group) is 1. The molecule has 1 aromatic carbocycles. The highest BCUT2D eigenvalue weighted by molar-refractivity contribution is 7.88. The molecule has 0 bridgehead atoms. The lowest BCUT2D eigenvalue weighted by Gasteiger charge is -2.32. The largest absolute Gasteiger partial charge is 0.478 e. The van der Waals surface area contributed by atoms with Crippen LogP contribution in [0.3, 0.4) is 0 Å². The lowest BCUT2D eigenvalue weighted by Crippen LogP contribution is -2.48. The van der Waals surface area contributed by atoms with Crippen molar-refractivity contribution in [3.8, 4) is 0 Å². The third kappa shape index (κ3) is 5.45. The Morgan fingerprint density at radius 2 is 1.95 bits per heavy atom. The van der Waals surface area contributed by atoms with Crippen molar-refractivity contribution in [2.45, 2.75) is 25.1 Å². The molecule has 0 unspecified atom stereocenters. The summed E-state index contributed by atoms with van der Waals surface area (Å²) in [7, 11) is 0.246. The molecule has 1 aromatic rings. The van der Waals surface area contributed by atoms with E-state index in [9.17, 15) is 13.2 Å². The zero-order valence-electron chi connectivity index (χ0n) is 12.8. The molecule has 0 amide bonds. The maximum Gasteiger partial charge on any atom is 0.335 e. The van der Waals surface area contributed by atoms with E-state index in [1.54, 1.807) is 6.07 Å². The lowest BCUT2D eigenvalue weighted by molar-refractivity contribution is 0.0696. The molecule has 21 heavy (non-hydrogen) atoms. The maximum atomic E-state index is 12.1. The number of carboxylic acids is 1. The van der Waals surface area contributed by atoms with Crippen molar-refractivity contribution >= 4 is 16.0 Å². The van der Waals surface area contributed by atoms with Crippen LogP contribution in [0.1, 0.15) is 29.8 Å². The van der Waals surface area contributed by atoms with Gasteiger partial charge in [-0.05, 0) is 45.6 Å². The highest BCUT2D eigenvalue weighted by atomic mass is 32.2. The summed E-state index contributed by atoms with van der Waals surface area (Å²) in [5.41, 5.74) is 0.220. The molecule has 0 fully saturated rings. The Labute approximate surface area is 125 Å². The molecule has 0 aliphatic carbocycles. The van der Waals surface area contributed by atoms with Crippen LogP contribution in [0.25, 0.3) is 0 Å². The van der Waals surface area contributed by atoms with E-state index in [0.29, 0.717) is 5.56 Å². The molecule has 0 aromatic heterocycles. The molecule has 0 aliphatic heterocycles. The standard InChI is InChI=1S/C14H22N2O4S/c1-14(2,16(3)4)10-15-21(19,20)9-11-6-5-7-12(8-11)13(17)18/h5-8,15H,9-10H2,1-4H3,(H,17,18). The first kappa shape index (κ1) is 17.6. The summed E-state index contributed by atoms with van der Waals surface area (Å²) < 4.78 is 26.7. The van der Waals surface area contributed by atoms with Crippen LogP contribution in [-0.4, -0.2) is 50.6 Å². The van der Waals surface area contributed by atoms with Crippen molar-refractivity contribution in [1.82, 2.24) is 9.62 Å². The highest BCUT2D eigenvalue weighted by Gasteiger charge is 2.23. The van der Waals surface area contributed by atoms with Crippen molar-refractivity contribution < 1.29 is 18.3 Å². The smallest absolute Gasteiger partial charge is 0.335 e. The molecule has 0 heterocycles. The Kier molecular flexibility index (Phi) is 5.49. The predicted molar refractivity (Wildman–Crippen MR) is 81.8 cm³/mol. The van der Waals surface area contributed by atoms with Gasteiger partial charge in [-0.25, -0.2) is 17.9 Å². The predicted octanol–water partition coefficient (Wildman–Crippen LogP) is 1.14. The van der Waals surface area contributed by atoms with Crippen molar-refractivity contribution in [1.29, 1.82) is 0 Å². The quantitative estimate of drug-likeness (QED) is 0.788. The normalized spacial score (nSPS) is 12.6. The van der Waals surface area contributed by atoms with Gasteiger partial charge in [-0.1, -0.05) is 12.1 Å². The van der Waals surface area contributed by atoms with Gasteiger partial charge >= 0.3 is 5.97 Å². The molecule has 6 nitrogen and oxygen atoms in total. The number of nitrogens with zero attached hydrogens (tertiary/aromatic N) is 1. The van der Waals surface area contributed by atoms with Crippen LogP contribution in [0.4, 0.5) is 0 Å². The molecular weight excluding hydrogens is 292 g/mol. The first-order valence-electron chi connectivity index (χ1n) is 6.50. The minimum absolute atomic E-state index is 0.0799. The van der Waals surface area contributed by atoms with Gasteiger partial charge < -0.3 is 10.0 Å². The lowest BCUT2D eigenvalue weighted by atomic mass is 10.1. The fraction of sp³-hybridized carbons (Fsp3) is 0.500. The number of hydrogen-bond acceptors (Lipinski definition) is 4. The van der Waals surface area contributed by atoms with Crippen LogP contribution in [0.2, 0.25) is 0 Å². The highest BCUT2D eigenvalue weighted by Crippen LogP contribution is 2.11. The SMILES string of the molecule is CN(C)C(C)(C)CNS(=O)(=O)Cc1cccc(C(=O)O)c1. The molecule has 0 saturated carbocycles. The number of nitrogens with one attached hydrogen (secondary N) is 1. The van der Waals surface area contributed by atoms with Gasteiger partial charge in [-0.2, -0.15) is 0 Å². The fourth-order valence-corrected chi connectivity index (χ4v) is 2.80. The summed E-state index contributed by atoms with van der Waals surface area (Å²) in [5, 5.41) is 8.91. The summed E-state index contributed by atoms with van der Waals surface area (Å²) in [4.78, 5) is 12.8. The number of aromatic carboxylic acids is 1. The molecule has 2 N–H and O–H groups in total. The van der Waals surface area contributed by atoms with Crippen LogP contribution < -0.4 is 4.72 Å². The number of sulfonamides is 1. The van der Waals surface area contributed by atoms with Crippen LogP contribution in [0, 0.1) is 0 Å². The first-order valence-corrected chi connectivity index (χ1v) is 8.16. The van der Waals surface area contributed by atoms with Crippen molar-refractivity contribution in [3.05, 3.63) is 35.4 Å². The van der Waals surface area contributed by atoms with Gasteiger partial charge in [0.15, 0.2) is 0 Å². The summed E-state index contributed by atoms with van der Waals surface area (Å²) in [6, 6.07) is 5.94. The topological polar surface area (TPSA) is 86.7 Å². The van der Waals surface area contributed by atoms with Crippen LogP contribution >= 0.6 is 0 Å².